The van der Waals surface area contributed by atoms with Crippen LogP contribution in [0, 0.1) is 18.7 Å². The Kier molecular flexibility index (Phi) is 6.46. The molecule has 2 aromatic heterocycles. The summed E-state index contributed by atoms with van der Waals surface area (Å²) in [5.74, 6) is -0.693. The summed E-state index contributed by atoms with van der Waals surface area (Å²) in [5, 5.41) is 15.9. The smallest absolute Gasteiger partial charge is 0.251 e. The first kappa shape index (κ1) is 27.1. The van der Waals surface area contributed by atoms with E-state index in [1.807, 2.05) is 6.92 Å². The predicted octanol–water partition coefficient (Wildman–Crippen LogP) is 3.98. The van der Waals surface area contributed by atoms with Crippen molar-refractivity contribution < 1.29 is 28.6 Å². The maximum Gasteiger partial charge on any atom is 0.251 e. The number of benzene rings is 2. The second-order valence-electron chi connectivity index (χ2n) is 10.9. The highest BCUT2D eigenvalue weighted by Crippen LogP contribution is 2.50. The largest absolute Gasteiger partial charge is 0.494 e. The van der Waals surface area contributed by atoms with Gasteiger partial charge in [0.2, 0.25) is 5.91 Å². The molecule has 0 spiro atoms. The summed E-state index contributed by atoms with van der Waals surface area (Å²) in [4.78, 5) is 35.2. The van der Waals surface area contributed by atoms with E-state index in [4.69, 9.17) is 20.2 Å². The van der Waals surface area contributed by atoms with Crippen molar-refractivity contribution in [2.75, 3.05) is 20.3 Å². The normalized spacial score (nSPS) is 19.3. The molecule has 1 aliphatic carbocycles. The third-order valence-electron chi connectivity index (χ3n) is 8.00. The number of rotatable bonds is 8. The number of nitrogens with zero attached hydrogens (tertiary/aromatic N) is 2. The number of halogens is 1. The van der Waals surface area contributed by atoms with E-state index in [2.05, 4.69) is 10.3 Å². The van der Waals surface area contributed by atoms with Gasteiger partial charge in [-0.05, 0) is 75.1 Å². The summed E-state index contributed by atoms with van der Waals surface area (Å²) in [6.07, 6.45) is 1.47. The summed E-state index contributed by atoms with van der Waals surface area (Å²) in [6.45, 7) is 3.46. The van der Waals surface area contributed by atoms with E-state index >= 15 is 0 Å². The zero-order chi connectivity index (χ0) is 29.1. The zero-order valence-electron chi connectivity index (χ0n) is 22.8. The van der Waals surface area contributed by atoms with Gasteiger partial charge >= 0.3 is 0 Å². The number of nitrogens with one attached hydrogen (secondary N) is 1. The Morgan fingerprint density at radius 2 is 1.98 bits per heavy atom. The highest BCUT2D eigenvalue weighted by atomic mass is 32.1. The molecule has 11 heteroatoms. The van der Waals surface area contributed by atoms with Crippen LogP contribution in [0.3, 0.4) is 0 Å². The van der Waals surface area contributed by atoms with Crippen LogP contribution in [0.5, 0.6) is 11.5 Å². The van der Waals surface area contributed by atoms with Gasteiger partial charge < -0.3 is 25.6 Å². The van der Waals surface area contributed by atoms with E-state index in [9.17, 15) is 19.1 Å². The van der Waals surface area contributed by atoms with Crippen LogP contribution in [0.15, 0.2) is 42.5 Å². The van der Waals surface area contributed by atoms with Crippen LogP contribution in [0.25, 0.3) is 21.5 Å². The van der Waals surface area contributed by atoms with Crippen LogP contribution < -0.4 is 20.5 Å². The lowest BCUT2D eigenvalue weighted by molar-refractivity contribution is -0.123. The number of carbonyl (C=O) groups is 2. The number of amides is 2. The minimum absolute atomic E-state index is 0.0109. The molecule has 2 amide bonds. The van der Waals surface area contributed by atoms with Gasteiger partial charge in [0.25, 0.3) is 5.91 Å². The number of aryl methyl sites for hydroxylation is 1. The quantitative estimate of drug-likeness (QED) is 0.289. The standard InChI is InChI=1S/C30H29FN4O5S/c1-15-34-25-21(39-3)10-17(11-22(25)41-15)27(36)33-13-30(38,18-6-7-18)23-12-20-26(40-14-29(20,2)28(32)37)24(35-23)16-4-8-19(31)9-5-16/h4-5,8-12,18,38H,6-7,13-14H2,1-3H3,(H2,32,37)(H,33,36)/t29-,30+/m0/s1. The number of methoxy groups -OCH3 is 1. The van der Waals surface area contributed by atoms with Gasteiger partial charge in [-0.1, -0.05) is 0 Å². The Hall–Kier alpha value is -4.09. The Morgan fingerprint density at radius 3 is 2.63 bits per heavy atom. The summed E-state index contributed by atoms with van der Waals surface area (Å²) >= 11 is 1.46. The van der Waals surface area contributed by atoms with Gasteiger partial charge in [-0.2, -0.15) is 0 Å². The second kappa shape index (κ2) is 9.78. The van der Waals surface area contributed by atoms with Crippen molar-refractivity contribution in [1.29, 1.82) is 0 Å². The molecule has 41 heavy (non-hydrogen) atoms. The van der Waals surface area contributed by atoms with Crippen LogP contribution in [-0.4, -0.2) is 47.2 Å². The highest BCUT2D eigenvalue weighted by molar-refractivity contribution is 7.18. The number of carbonyl (C=O) groups excluding carboxylic acids is 2. The van der Waals surface area contributed by atoms with Gasteiger partial charge in [0.1, 0.15) is 46.1 Å². The van der Waals surface area contributed by atoms with E-state index in [-0.39, 0.29) is 30.7 Å². The fourth-order valence-corrected chi connectivity index (χ4v) is 6.21. The first-order chi connectivity index (χ1) is 19.5. The van der Waals surface area contributed by atoms with Crippen molar-refractivity contribution in [2.24, 2.45) is 11.7 Å². The number of hydrogen-bond donors (Lipinski definition) is 3. The highest BCUT2D eigenvalue weighted by Gasteiger charge is 2.50. The van der Waals surface area contributed by atoms with Crippen molar-refractivity contribution >= 4 is 33.4 Å². The topological polar surface area (TPSA) is 137 Å². The van der Waals surface area contributed by atoms with Gasteiger partial charge in [0, 0.05) is 16.7 Å². The number of nitrogens with two attached hydrogens (primary N) is 1. The van der Waals surface area contributed by atoms with Gasteiger partial charge in [-0.25, -0.2) is 14.4 Å². The van der Waals surface area contributed by atoms with Crippen molar-refractivity contribution in [1.82, 2.24) is 15.3 Å². The Labute approximate surface area is 239 Å². The van der Waals surface area contributed by atoms with Crippen LogP contribution in [0.1, 0.15) is 46.4 Å². The first-order valence-corrected chi connectivity index (χ1v) is 14.1. The van der Waals surface area contributed by atoms with E-state index in [1.54, 1.807) is 37.3 Å². The van der Waals surface area contributed by atoms with Crippen molar-refractivity contribution in [3.05, 3.63) is 70.1 Å². The van der Waals surface area contributed by atoms with E-state index in [0.29, 0.717) is 39.4 Å². The second-order valence-corrected chi connectivity index (χ2v) is 12.1. The zero-order valence-corrected chi connectivity index (χ0v) is 23.6. The Morgan fingerprint density at radius 1 is 1.24 bits per heavy atom. The van der Waals surface area contributed by atoms with Crippen molar-refractivity contribution in [3.63, 3.8) is 0 Å². The summed E-state index contributed by atoms with van der Waals surface area (Å²) in [5.41, 5.74) is 5.85. The van der Waals surface area contributed by atoms with Crippen molar-refractivity contribution in [2.45, 2.75) is 37.7 Å². The fourth-order valence-electron chi connectivity index (χ4n) is 5.33. The number of hydrogen-bond acceptors (Lipinski definition) is 8. The van der Waals surface area contributed by atoms with E-state index in [1.165, 1.54) is 30.6 Å². The van der Waals surface area contributed by atoms with E-state index in [0.717, 1.165) is 22.5 Å². The van der Waals surface area contributed by atoms with Gasteiger partial charge in [-0.15, -0.1) is 11.3 Å². The molecule has 1 aliphatic heterocycles. The lowest BCUT2D eigenvalue weighted by Crippen LogP contribution is -2.44. The average molecular weight is 577 g/mol. The molecular formula is C30H29FN4O5S. The molecular weight excluding hydrogens is 547 g/mol. The van der Waals surface area contributed by atoms with Crippen molar-refractivity contribution in [3.8, 4) is 22.8 Å². The summed E-state index contributed by atoms with van der Waals surface area (Å²) < 4.78 is 25.9. The van der Waals surface area contributed by atoms with Gasteiger partial charge in [0.15, 0.2) is 0 Å². The number of aliphatic hydroxyl groups is 1. The Balaban J connectivity index is 1.39. The molecule has 212 valence electrons. The molecule has 2 atom stereocenters. The molecule has 1 saturated carbocycles. The predicted molar refractivity (Wildman–Crippen MR) is 152 cm³/mol. The molecule has 3 heterocycles. The monoisotopic (exact) mass is 576 g/mol. The van der Waals surface area contributed by atoms with E-state index < -0.39 is 22.7 Å². The number of fused-ring (bicyclic) bond motifs is 2. The maximum atomic E-state index is 13.7. The van der Waals surface area contributed by atoms with Crippen LogP contribution >= 0.6 is 11.3 Å². The molecule has 0 unspecified atom stereocenters. The summed E-state index contributed by atoms with van der Waals surface area (Å²) in [6, 6.07) is 10.8. The number of primary amides is 1. The lowest BCUT2D eigenvalue weighted by Gasteiger charge is -2.30. The average Bonchev–Trinajstić information content (AvgIpc) is 3.67. The van der Waals surface area contributed by atoms with Crippen LogP contribution in [0.2, 0.25) is 0 Å². The maximum absolute atomic E-state index is 13.7. The number of ether oxygens (including phenoxy) is 2. The SMILES string of the molecule is COc1cc(C(=O)NC[C@](O)(c2cc3c(c(-c4ccc(F)cc4)n2)OC[C@]3(C)C(N)=O)C2CC2)cc2sc(C)nc12. The number of thiazole rings is 1. The molecule has 2 aromatic carbocycles. The fraction of sp³-hybridized carbons (Fsp3) is 0.333. The third kappa shape index (κ3) is 4.58. The third-order valence-corrected chi connectivity index (χ3v) is 8.92. The minimum Gasteiger partial charge on any atom is -0.494 e. The van der Waals surface area contributed by atoms with Crippen LogP contribution in [-0.2, 0) is 15.8 Å². The minimum atomic E-state index is -1.55. The van der Waals surface area contributed by atoms with Crippen LogP contribution in [0.4, 0.5) is 4.39 Å². The molecule has 6 rings (SSSR count). The van der Waals surface area contributed by atoms with Gasteiger partial charge in [-0.3, -0.25) is 9.59 Å². The molecule has 4 N–H and O–H groups in total. The molecule has 9 nitrogen and oxygen atoms in total. The molecule has 1 fully saturated rings. The molecule has 4 aromatic rings. The summed E-state index contributed by atoms with van der Waals surface area (Å²) in [7, 11) is 1.53. The lowest BCUT2D eigenvalue weighted by atomic mass is 9.81. The number of aromatic nitrogens is 2. The molecule has 0 bridgehead atoms. The molecule has 0 radical (unpaired) electrons. The molecule has 2 aliphatic rings. The first-order valence-electron chi connectivity index (χ1n) is 13.2. The molecule has 0 saturated heterocycles. The number of pyridine rings is 1. The van der Waals surface area contributed by atoms with Gasteiger partial charge in [0.05, 0.1) is 29.1 Å². The Bertz CT molecular complexity index is 1700.